The highest BCUT2D eigenvalue weighted by Crippen LogP contribution is 2.45. The summed E-state index contributed by atoms with van der Waals surface area (Å²) in [6.07, 6.45) is 11.5. The molecule has 0 aromatic heterocycles. The van der Waals surface area contributed by atoms with Gasteiger partial charge in [0, 0.05) is 0 Å². The van der Waals surface area contributed by atoms with Crippen molar-refractivity contribution in [1.29, 1.82) is 0 Å². The summed E-state index contributed by atoms with van der Waals surface area (Å²) in [5, 5.41) is 0. The van der Waals surface area contributed by atoms with Crippen molar-refractivity contribution in [1.82, 2.24) is 0 Å². The predicted molar refractivity (Wildman–Crippen MR) is 80.0 cm³/mol. The quantitative estimate of drug-likeness (QED) is 0.670. The van der Waals surface area contributed by atoms with Crippen LogP contribution in [0.1, 0.15) is 49.3 Å². The van der Waals surface area contributed by atoms with Gasteiger partial charge in [0.05, 0.1) is 0 Å². The monoisotopic (exact) mass is 240 g/mol. The molecule has 18 heavy (non-hydrogen) atoms. The summed E-state index contributed by atoms with van der Waals surface area (Å²) in [5.74, 6) is 0.573. The third-order valence-electron chi connectivity index (χ3n) is 4.81. The van der Waals surface area contributed by atoms with Crippen LogP contribution in [0.2, 0.25) is 0 Å². The van der Waals surface area contributed by atoms with Crippen LogP contribution in [0.5, 0.6) is 0 Å². The van der Waals surface area contributed by atoms with Crippen LogP contribution in [0.25, 0.3) is 0 Å². The van der Waals surface area contributed by atoms with Gasteiger partial charge in [-0.15, -0.1) is 0 Å². The number of aryl methyl sites for hydroxylation is 1. The van der Waals surface area contributed by atoms with E-state index in [1.807, 2.05) is 0 Å². The van der Waals surface area contributed by atoms with Gasteiger partial charge in [-0.25, -0.2) is 0 Å². The average Bonchev–Trinajstić information content (AvgIpc) is 2.42. The van der Waals surface area contributed by atoms with E-state index in [0.29, 0.717) is 11.3 Å². The molecular formula is C18H24. The summed E-state index contributed by atoms with van der Waals surface area (Å²) >= 11 is 0. The minimum atomic E-state index is 0.299. The van der Waals surface area contributed by atoms with E-state index in [9.17, 15) is 0 Å². The fraction of sp³-hybridized carbons (Fsp3) is 0.444. The third-order valence-corrected chi connectivity index (χ3v) is 4.81. The van der Waals surface area contributed by atoms with E-state index < -0.39 is 0 Å². The van der Waals surface area contributed by atoms with Gasteiger partial charge in [0.15, 0.2) is 0 Å². The van der Waals surface area contributed by atoms with Gasteiger partial charge in [-0.3, -0.25) is 0 Å². The molecular weight excluding hydrogens is 216 g/mol. The largest absolute Gasteiger partial charge is 0.0837 e. The molecule has 0 heteroatoms. The highest BCUT2D eigenvalue weighted by atomic mass is 14.4. The number of rotatable bonds is 3. The van der Waals surface area contributed by atoms with Crippen molar-refractivity contribution >= 4 is 0 Å². The lowest BCUT2D eigenvalue weighted by molar-refractivity contribution is 0.304. The predicted octanol–water partition coefficient (Wildman–Crippen LogP) is 5.32. The van der Waals surface area contributed by atoms with E-state index in [-0.39, 0.29) is 0 Å². The molecule has 0 heterocycles. The van der Waals surface area contributed by atoms with Gasteiger partial charge in [0.25, 0.3) is 0 Å². The van der Waals surface area contributed by atoms with Crippen LogP contribution in [-0.4, -0.2) is 0 Å². The van der Waals surface area contributed by atoms with Crippen LogP contribution in [0.3, 0.4) is 0 Å². The van der Waals surface area contributed by atoms with Gasteiger partial charge in [-0.2, -0.15) is 0 Å². The van der Waals surface area contributed by atoms with Crippen LogP contribution in [0.15, 0.2) is 42.5 Å². The second kappa shape index (κ2) is 5.14. The molecule has 1 aromatic carbocycles. The summed E-state index contributed by atoms with van der Waals surface area (Å²) in [7, 11) is 0. The van der Waals surface area contributed by atoms with Crippen molar-refractivity contribution in [3.63, 3.8) is 0 Å². The number of allylic oxidation sites excluding steroid dienone is 4. The highest BCUT2D eigenvalue weighted by molar-refractivity contribution is 5.38. The molecule has 0 nitrogen and oxygen atoms in total. The fourth-order valence-corrected chi connectivity index (χ4v) is 3.12. The van der Waals surface area contributed by atoms with E-state index >= 15 is 0 Å². The van der Waals surface area contributed by atoms with E-state index in [4.69, 9.17) is 0 Å². The zero-order valence-corrected chi connectivity index (χ0v) is 12.0. The molecule has 96 valence electrons. The molecule has 0 fully saturated rings. The maximum absolute atomic E-state index is 2.42. The first kappa shape index (κ1) is 13.1. The maximum Gasteiger partial charge on any atom is -0.00171 e. The second-order valence-corrected chi connectivity index (χ2v) is 5.59. The Balaban J connectivity index is 2.41. The van der Waals surface area contributed by atoms with Crippen molar-refractivity contribution in [3.05, 3.63) is 59.2 Å². The van der Waals surface area contributed by atoms with E-state index in [2.05, 4.69) is 70.2 Å². The summed E-state index contributed by atoms with van der Waals surface area (Å²) in [6.45, 7) is 9.16. The molecule has 0 bridgehead atoms. The Morgan fingerprint density at radius 1 is 1.22 bits per heavy atom. The van der Waals surface area contributed by atoms with Crippen molar-refractivity contribution in [2.24, 2.45) is 5.41 Å². The Hall–Kier alpha value is -1.30. The van der Waals surface area contributed by atoms with Gasteiger partial charge in [-0.1, -0.05) is 56.4 Å². The van der Waals surface area contributed by atoms with Crippen molar-refractivity contribution in [3.8, 4) is 0 Å². The molecule has 2 unspecified atom stereocenters. The molecule has 2 rings (SSSR count). The molecule has 0 aliphatic heterocycles. The molecule has 0 saturated heterocycles. The van der Waals surface area contributed by atoms with Crippen LogP contribution >= 0.6 is 0 Å². The summed E-state index contributed by atoms with van der Waals surface area (Å²) in [6, 6.07) is 6.71. The lowest BCUT2D eigenvalue weighted by Crippen LogP contribution is -2.25. The number of hydrogen-bond donors (Lipinski definition) is 0. The van der Waals surface area contributed by atoms with Gasteiger partial charge in [0.2, 0.25) is 0 Å². The molecule has 0 N–H and O–H groups in total. The molecule has 2 atom stereocenters. The Morgan fingerprint density at radius 2 is 2.00 bits per heavy atom. The number of benzene rings is 1. The van der Waals surface area contributed by atoms with Crippen LogP contribution in [0.4, 0.5) is 0 Å². The lowest BCUT2D eigenvalue weighted by atomic mass is 9.66. The standard InChI is InChI=1S/C18H24/c1-5-18(12-7-6-8-13-18)16(4)17-11-9-10-14(2)15(17)3/h6-12,16H,5,13H2,1-4H3. The van der Waals surface area contributed by atoms with Crippen molar-refractivity contribution in [2.45, 2.75) is 46.5 Å². The van der Waals surface area contributed by atoms with E-state index in [0.717, 1.165) is 6.42 Å². The van der Waals surface area contributed by atoms with Crippen LogP contribution in [0, 0.1) is 19.3 Å². The van der Waals surface area contributed by atoms with Crippen LogP contribution < -0.4 is 0 Å². The molecule has 1 aliphatic carbocycles. The Bertz CT molecular complexity index is 479. The lowest BCUT2D eigenvalue weighted by Gasteiger charge is -2.37. The Morgan fingerprint density at radius 3 is 2.61 bits per heavy atom. The molecule has 1 aromatic rings. The highest BCUT2D eigenvalue weighted by Gasteiger charge is 2.33. The minimum absolute atomic E-state index is 0.299. The molecule has 1 aliphatic rings. The minimum Gasteiger partial charge on any atom is -0.0837 e. The van der Waals surface area contributed by atoms with Crippen molar-refractivity contribution in [2.75, 3.05) is 0 Å². The van der Waals surface area contributed by atoms with E-state index in [1.54, 1.807) is 0 Å². The second-order valence-electron chi connectivity index (χ2n) is 5.59. The van der Waals surface area contributed by atoms with Gasteiger partial charge >= 0.3 is 0 Å². The average molecular weight is 240 g/mol. The summed E-state index contributed by atoms with van der Waals surface area (Å²) in [4.78, 5) is 0. The zero-order chi connectivity index (χ0) is 13.2. The normalized spacial score (nSPS) is 24.2. The van der Waals surface area contributed by atoms with Gasteiger partial charge < -0.3 is 0 Å². The smallest absolute Gasteiger partial charge is 0.00171 e. The third kappa shape index (κ3) is 2.16. The first-order chi connectivity index (χ1) is 8.60. The zero-order valence-electron chi connectivity index (χ0n) is 12.0. The molecule has 0 amide bonds. The summed E-state index contributed by atoms with van der Waals surface area (Å²) in [5.41, 5.74) is 4.67. The summed E-state index contributed by atoms with van der Waals surface area (Å²) < 4.78 is 0. The molecule has 0 radical (unpaired) electrons. The Kier molecular flexibility index (Phi) is 3.75. The SMILES string of the molecule is CCC1(C(C)c2cccc(C)c2C)C=CC=CC1. The van der Waals surface area contributed by atoms with Crippen molar-refractivity contribution < 1.29 is 0 Å². The maximum atomic E-state index is 2.42. The molecule has 0 spiro atoms. The van der Waals surface area contributed by atoms with E-state index in [1.165, 1.54) is 23.1 Å². The van der Waals surface area contributed by atoms with Gasteiger partial charge in [0.1, 0.15) is 0 Å². The first-order valence-electron chi connectivity index (χ1n) is 7.01. The molecule has 0 saturated carbocycles. The number of hydrogen-bond acceptors (Lipinski definition) is 0. The topological polar surface area (TPSA) is 0 Å². The van der Waals surface area contributed by atoms with Crippen LogP contribution in [-0.2, 0) is 0 Å². The van der Waals surface area contributed by atoms with Gasteiger partial charge in [-0.05, 0) is 54.7 Å². The Labute approximate surface area is 111 Å². The first-order valence-corrected chi connectivity index (χ1v) is 7.01. The fourth-order valence-electron chi connectivity index (χ4n) is 3.12.